The zero-order valence-electron chi connectivity index (χ0n) is 15.6. The lowest BCUT2D eigenvalue weighted by Crippen LogP contribution is -2.11. The van der Waals surface area contributed by atoms with Crippen molar-refractivity contribution in [2.24, 2.45) is 0 Å². The molecule has 6 heteroatoms. The molecule has 1 aliphatic rings. The number of hydrogen-bond donors (Lipinski definition) is 1. The lowest BCUT2D eigenvalue weighted by molar-refractivity contribution is 0.174. The van der Waals surface area contributed by atoms with Gasteiger partial charge in [0.15, 0.2) is 11.5 Å². The Morgan fingerprint density at radius 3 is 2.74 bits per heavy atom. The van der Waals surface area contributed by atoms with Crippen molar-refractivity contribution in [3.63, 3.8) is 0 Å². The van der Waals surface area contributed by atoms with Crippen LogP contribution in [0, 0.1) is 6.92 Å². The van der Waals surface area contributed by atoms with Gasteiger partial charge in [0.05, 0.1) is 18.5 Å². The summed E-state index contributed by atoms with van der Waals surface area (Å²) in [6.45, 7) is 4.38. The first-order valence-corrected chi connectivity index (χ1v) is 8.98. The molecule has 2 aromatic carbocycles. The van der Waals surface area contributed by atoms with E-state index in [1.807, 2.05) is 24.4 Å². The molecule has 27 heavy (non-hydrogen) atoms. The summed E-state index contributed by atoms with van der Waals surface area (Å²) in [7, 11) is 1.70. The molecule has 0 aliphatic carbocycles. The molecule has 0 fully saturated rings. The highest BCUT2D eigenvalue weighted by atomic mass is 16.7. The van der Waals surface area contributed by atoms with Gasteiger partial charge < -0.3 is 24.1 Å². The Bertz CT molecular complexity index is 919. The predicted molar refractivity (Wildman–Crippen MR) is 104 cm³/mol. The van der Waals surface area contributed by atoms with E-state index in [9.17, 15) is 0 Å². The van der Waals surface area contributed by atoms with Gasteiger partial charge >= 0.3 is 0 Å². The average Bonchev–Trinajstić information content (AvgIpc) is 3.32. The topological polar surface area (TPSA) is 57.5 Å². The quantitative estimate of drug-likeness (QED) is 0.689. The third kappa shape index (κ3) is 3.75. The molecule has 1 aliphatic heterocycles. The maximum Gasteiger partial charge on any atom is 0.231 e. The summed E-state index contributed by atoms with van der Waals surface area (Å²) < 4.78 is 18.3. The summed E-state index contributed by atoms with van der Waals surface area (Å²) in [5.41, 5.74) is 4.51. The summed E-state index contributed by atoms with van der Waals surface area (Å²) in [5, 5.41) is 3.44. The maximum absolute atomic E-state index is 5.51. The monoisotopic (exact) mass is 365 g/mol. The van der Waals surface area contributed by atoms with Gasteiger partial charge in [0.1, 0.15) is 0 Å². The lowest BCUT2D eigenvalue weighted by atomic mass is 10.1. The van der Waals surface area contributed by atoms with Gasteiger partial charge in [-0.1, -0.05) is 29.8 Å². The minimum Gasteiger partial charge on any atom is -0.454 e. The van der Waals surface area contributed by atoms with Crippen LogP contribution in [0.4, 0.5) is 5.95 Å². The van der Waals surface area contributed by atoms with Gasteiger partial charge in [0, 0.05) is 25.8 Å². The lowest BCUT2D eigenvalue weighted by Gasteiger charge is -2.13. The fourth-order valence-electron chi connectivity index (χ4n) is 3.10. The van der Waals surface area contributed by atoms with Crippen molar-refractivity contribution < 1.29 is 14.2 Å². The SMILES string of the molecule is COCCn1c(-c2ccc3c(c2)OCO3)cnc1NCc1ccc(C)cc1. The van der Waals surface area contributed by atoms with Gasteiger partial charge in [-0.15, -0.1) is 0 Å². The zero-order valence-corrected chi connectivity index (χ0v) is 15.6. The standard InChI is InChI=1S/C21H23N3O3/c1-15-3-5-16(6-4-15)12-22-21-23-13-18(24(21)9-10-25-2)17-7-8-19-20(11-17)27-14-26-19/h3-8,11,13H,9-10,12,14H2,1-2H3,(H,22,23). The van der Waals surface area contributed by atoms with Gasteiger partial charge in [-0.05, 0) is 30.7 Å². The molecule has 3 aromatic rings. The third-order valence-corrected chi connectivity index (χ3v) is 4.61. The molecule has 0 saturated heterocycles. The summed E-state index contributed by atoms with van der Waals surface area (Å²) in [6.07, 6.45) is 1.88. The van der Waals surface area contributed by atoms with Crippen molar-refractivity contribution >= 4 is 5.95 Å². The molecule has 0 atom stereocenters. The fourth-order valence-corrected chi connectivity index (χ4v) is 3.10. The van der Waals surface area contributed by atoms with E-state index in [0.717, 1.165) is 28.7 Å². The molecule has 0 unspecified atom stereocenters. The number of fused-ring (bicyclic) bond motifs is 1. The van der Waals surface area contributed by atoms with Crippen LogP contribution in [-0.2, 0) is 17.8 Å². The summed E-state index contributed by atoms with van der Waals surface area (Å²) in [4.78, 5) is 4.60. The first kappa shape index (κ1) is 17.4. The normalized spacial score (nSPS) is 12.4. The molecule has 1 N–H and O–H groups in total. The molecule has 0 spiro atoms. The van der Waals surface area contributed by atoms with Crippen LogP contribution in [0.2, 0.25) is 0 Å². The Kier molecular flexibility index (Phi) is 4.98. The summed E-state index contributed by atoms with van der Waals surface area (Å²) in [6, 6.07) is 14.4. The highest BCUT2D eigenvalue weighted by Crippen LogP contribution is 2.36. The van der Waals surface area contributed by atoms with Crippen LogP contribution in [0.25, 0.3) is 11.3 Å². The number of hydrogen-bond acceptors (Lipinski definition) is 5. The van der Waals surface area contributed by atoms with E-state index in [4.69, 9.17) is 14.2 Å². The molecule has 0 radical (unpaired) electrons. The van der Waals surface area contributed by atoms with Gasteiger partial charge in [-0.25, -0.2) is 4.98 Å². The zero-order chi connectivity index (χ0) is 18.6. The number of benzene rings is 2. The molecular formula is C21H23N3O3. The Hall–Kier alpha value is -2.99. The predicted octanol–water partition coefficient (Wildman–Crippen LogP) is 3.85. The van der Waals surface area contributed by atoms with Gasteiger partial charge in [0.25, 0.3) is 0 Å². The smallest absolute Gasteiger partial charge is 0.231 e. The van der Waals surface area contributed by atoms with E-state index in [-0.39, 0.29) is 6.79 Å². The number of methoxy groups -OCH3 is 1. The van der Waals surface area contributed by atoms with Gasteiger partial charge in [-0.2, -0.15) is 0 Å². The minimum atomic E-state index is 0.269. The number of nitrogens with zero attached hydrogens (tertiary/aromatic N) is 2. The highest BCUT2D eigenvalue weighted by Gasteiger charge is 2.17. The Morgan fingerprint density at radius 1 is 1.11 bits per heavy atom. The Morgan fingerprint density at radius 2 is 1.93 bits per heavy atom. The van der Waals surface area contributed by atoms with Crippen LogP contribution in [-0.4, -0.2) is 30.1 Å². The molecule has 1 aromatic heterocycles. The maximum atomic E-state index is 5.51. The number of nitrogens with one attached hydrogen (secondary N) is 1. The molecule has 140 valence electrons. The van der Waals surface area contributed by atoms with Crippen LogP contribution in [0.3, 0.4) is 0 Å². The second-order valence-corrected chi connectivity index (χ2v) is 6.52. The first-order valence-electron chi connectivity index (χ1n) is 8.98. The molecule has 0 bridgehead atoms. The van der Waals surface area contributed by atoms with Crippen molar-refractivity contribution in [3.8, 4) is 22.8 Å². The van der Waals surface area contributed by atoms with Crippen LogP contribution in [0.15, 0.2) is 48.7 Å². The van der Waals surface area contributed by atoms with E-state index in [2.05, 4.69) is 46.1 Å². The average molecular weight is 365 g/mol. The fraction of sp³-hybridized carbons (Fsp3) is 0.286. The van der Waals surface area contributed by atoms with Crippen molar-refractivity contribution in [1.82, 2.24) is 9.55 Å². The number of rotatable bonds is 7. The van der Waals surface area contributed by atoms with E-state index in [0.29, 0.717) is 19.7 Å². The molecule has 0 amide bonds. The van der Waals surface area contributed by atoms with E-state index < -0.39 is 0 Å². The van der Waals surface area contributed by atoms with Crippen LogP contribution < -0.4 is 14.8 Å². The summed E-state index contributed by atoms with van der Waals surface area (Å²) in [5.74, 6) is 2.36. The largest absolute Gasteiger partial charge is 0.454 e. The van der Waals surface area contributed by atoms with Crippen molar-refractivity contribution in [2.75, 3.05) is 25.8 Å². The Balaban J connectivity index is 1.59. The summed E-state index contributed by atoms with van der Waals surface area (Å²) >= 11 is 0. The number of imidazole rings is 1. The molecule has 4 rings (SSSR count). The number of aryl methyl sites for hydroxylation is 1. The van der Waals surface area contributed by atoms with E-state index >= 15 is 0 Å². The second kappa shape index (κ2) is 7.72. The number of ether oxygens (including phenoxy) is 3. The highest BCUT2D eigenvalue weighted by molar-refractivity contribution is 5.66. The second-order valence-electron chi connectivity index (χ2n) is 6.52. The Labute approximate surface area is 158 Å². The van der Waals surface area contributed by atoms with Crippen molar-refractivity contribution in [1.29, 1.82) is 0 Å². The van der Waals surface area contributed by atoms with Crippen LogP contribution >= 0.6 is 0 Å². The number of aromatic nitrogens is 2. The van der Waals surface area contributed by atoms with E-state index in [1.54, 1.807) is 7.11 Å². The van der Waals surface area contributed by atoms with Crippen LogP contribution in [0.1, 0.15) is 11.1 Å². The van der Waals surface area contributed by atoms with Gasteiger partial charge in [-0.3, -0.25) is 0 Å². The van der Waals surface area contributed by atoms with Crippen molar-refractivity contribution in [3.05, 3.63) is 59.8 Å². The molecule has 2 heterocycles. The van der Waals surface area contributed by atoms with Crippen molar-refractivity contribution in [2.45, 2.75) is 20.0 Å². The first-order chi connectivity index (χ1) is 13.2. The van der Waals surface area contributed by atoms with Gasteiger partial charge in [0.2, 0.25) is 12.7 Å². The third-order valence-electron chi connectivity index (χ3n) is 4.61. The van der Waals surface area contributed by atoms with Crippen LogP contribution in [0.5, 0.6) is 11.5 Å². The minimum absolute atomic E-state index is 0.269. The van der Waals surface area contributed by atoms with E-state index in [1.165, 1.54) is 11.1 Å². The molecular weight excluding hydrogens is 342 g/mol. The molecule has 6 nitrogen and oxygen atoms in total. The molecule has 0 saturated carbocycles. The number of anilines is 1.